The molecule has 2 heterocycles. The predicted octanol–water partition coefficient (Wildman–Crippen LogP) is 2.08. The lowest BCUT2D eigenvalue weighted by Crippen LogP contribution is -2.49. The summed E-state index contributed by atoms with van der Waals surface area (Å²) in [4.78, 5) is 4.35. The highest BCUT2D eigenvalue weighted by molar-refractivity contribution is 8.00. The summed E-state index contributed by atoms with van der Waals surface area (Å²) in [7, 11) is 0. The third-order valence-corrected chi connectivity index (χ3v) is 4.54. The molecule has 0 spiro atoms. The first kappa shape index (κ1) is 9.49. The minimum absolute atomic E-state index is 0.0415. The van der Waals surface area contributed by atoms with Gasteiger partial charge in [0.25, 0.3) is 0 Å². The number of nitrogens with one attached hydrogen (secondary N) is 1. The summed E-state index contributed by atoms with van der Waals surface area (Å²) >= 11 is 3.73. The molecule has 0 bridgehead atoms. The lowest BCUT2D eigenvalue weighted by molar-refractivity contribution is 0.363. The second-order valence-electron chi connectivity index (χ2n) is 3.84. The minimum Gasteiger partial charge on any atom is -0.301 e. The van der Waals surface area contributed by atoms with Crippen molar-refractivity contribution in [1.29, 1.82) is 0 Å². The number of nitrogens with zero attached hydrogens (tertiary/aromatic N) is 1. The second kappa shape index (κ2) is 3.59. The van der Waals surface area contributed by atoms with E-state index in [4.69, 9.17) is 0 Å². The Bertz CT molecular complexity index is 265. The predicted molar refractivity (Wildman–Crippen MR) is 59.4 cm³/mol. The molecule has 1 aromatic heterocycles. The Labute approximate surface area is 87.1 Å². The smallest absolute Gasteiger partial charge is 0.112 e. The number of aromatic nitrogens is 1. The molecule has 2 nitrogen and oxygen atoms in total. The fraction of sp³-hybridized carbons (Fsp3) is 0.667. The van der Waals surface area contributed by atoms with Gasteiger partial charge in [0.05, 0.1) is 5.54 Å². The molecule has 1 aliphatic rings. The van der Waals surface area contributed by atoms with Gasteiger partial charge in [-0.05, 0) is 13.8 Å². The van der Waals surface area contributed by atoms with Gasteiger partial charge < -0.3 is 5.32 Å². The van der Waals surface area contributed by atoms with Crippen LogP contribution in [0.4, 0.5) is 0 Å². The molecule has 0 aromatic carbocycles. The SMILES string of the molecule is CC(C)(NC1CSC1)c1nccs1. The summed E-state index contributed by atoms with van der Waals surface area (Å²) in [5.41, 5.74) is 0.0415. The first-order valence-electron chi connectivity index (χ1n) is 4.44. The molecule has 0 atom stereocenters. The van der Waals surface area contributed by atoms with Gasteiger partial charge in [-0.1, -0.05) is 0 Å². The van der Waals surface area contributed by atoms with Gasteiger partial charge in [-0.15, -0.1) is 11.3 Å². The zero-order valence-corrected chi connectivity index (χ0v) is 9.54. The van der Waals surface area contributed by atoms with Crippen LogP contribution in [0, 0.1) is 0 Å². The van der Waals surface area contributed by atoms with Gasteiger partial charge in [0.2, 0.25) is 0 Å². The van der Waals surface area contributed by atoms with Gasteiger partial charge in [-0.3, -0.25) is 0 Å². The fourth-order valence-electron chi connectivity index (χ4n) is 1.42. The van der Waals surface area contributed by atoms with E-state index < -0.39 is 0 Å². The average molecular weight is 214 g/mol. The Morgan fingerprint density at radius 1 is 1.54 bits per heavy atom. The zero-order valence-electron chi connectivity index (χ0n) is 7.91. The number of hydrogen-bond acceptors (Lipinski definition) is 4. The van der Waals surface area contributed by atoms with Gasteiger partial charge in [-0.25, -0.2) is 4.98 Å². The van der Waals surface area contributed by atoms with E-state index in [1.165, 1.54) is 16.5 Å². The summed E-state index contributed by atoms with van der Waals surface area (Å²) in [6.45, 7) is 4.41. The Kier molecular flexibility index (Phi) is 2.62. The molecule has 1 aliphatic heterocycles. The van der Waals surface area contributed by atoms with Crippen LogP contribution in [0.1, 0.15) is 18.9 Å². The zero-order chi connectivity index (χ0) is 9.31. The van der Waals surface area contributed by atoms with Crippen LogP contribution >= 0.6 is 23.1 Å². The van der Waals surface area contributed by atoms with Crippen molar-refractivity contribution in [2.24, 2.45) is 0 Å². The van der Waals surface area contributed by atoms with Crippen LogP contribution in [0.2, 0.25) is 0 Å². The van der Waals surface area contributed by atoms with E-state index in [0.29, 0.717) is 6.04 Å². The largest absolute Gasteiger partial charge is 0.301 e. The lowest BCUT2D eigenvalue weighted by atomic mass is 10.1. The van der Waals surface area contributed by atoms with E-state index in [1.54, 1.807) is 11.3 Å². The van der Waals surface area contributed by atoms with E-state index in [-0.39, 0.29) is 5.54 Å². The van der Waals surface area contributed by atoms with Crippen LogP contribution in [0.3, 0.4) is 0 Å². The molecular formula is C9H14N2S2. The number of thiazole rings is 1. The van der Waals surface area contributed by atoms with Gasteiger partial charge >= 0.3 is 0 Å². The molecule has 0 amide bonds. The van der Waals surface area contributed by atoms with Gasteiger partial charge in [0.15, 0.2) is 0 Å². The fourth-order valence-corrected chi connectivity index (χ4v) is 2.79. The Morgan fingerprint density at radius 3 is 2.77 bits per heavy atom. The van der Waals surface area contributed by atoms with Crippen molar-refractivity contribution in [3.05, 3.63) is 16.6 Å². The monoisotopic (exact) mass is 214 g/mol. The number of rotatable bonds is 3. The second-order valence-corrected chi connectivity index (χ2v) is 5.81. The molecule has 1 aromatic rings. The van der Waals surface area contributed by atoms with E-state index in [1.807, 2.05) is 23.3 Å². The third-order valence-electron chi connectivity index (χ3n) is 2.17. The molecule has 4 heteroatoms. The van der Waals surface area contributed by atoms with Crippen molar-refractivity contribution < 1.29 is 0 Å². The van der Waals surface area contributed by atoms with E-state index >= 15 is 0 Å². The summed E-state index contributed by atoms with van der Waals surface area (Å²) in [6.07, 6.45) is 1.87. The Hall–Kier alpha value is -0.0600. The molecule has 0 unspecified atom stereocenters. The highest BCUT2D eigenvalue weighted by Gasteiger charge is 2.29. The Balaban J connectivity index is 2.02. The van der Waals surface area contributed by atoms with Crippen LogP contribution in [-0.2, 0) is 5.54 Å². The maximum Gasteiger partial charge on any atom is 0.112 e. The lowest BCUT2D eigenvalue weighted by Gasteiger charge is -2.34. The van der Waals surface area contributed by atoms with Crippen LogP contribution in [-0.4, -0.2) is 22.5 Å². The molecule has 13 heavy (non-hydrogen) atoms. The summed E-state index contributed by atoms with van der Waals surface area (Å²) in [5.74, 6) is 2.49. The maximum atomic E-state index is 4.35. The van der Waals surface area contributed by atoms with Crippen molar-refractivity contribution in [3.63, 3.8) is 0 Å². The molecule has 1 N–H and O–H groups in total. The topological polar surface area (TPSA) is 24.9 Å². The molecule has 0 aliphatic carbocycles. The van der Waals surface area contributed by atoms with Gasteiger partial charge in [-0.2, -0.15) is 11.8 Å². The van der Waals surface area contributed by atoms with Crippen molar-refractivity contribution in [2.75, 3.05) is 11.5 Å². The van der Waals surface area contributed by atoms with Crippen molar-refractivity contribution in [3.8, 4) is 0 Å². The van der Waals surface area contributed by atoms with Crippen LogP contribution in [0.5, 0.6) is 0 Å². The van der Waals surface area contributed by atoms with Gasteiger partial charge in [0, 0.05) is 29.1 Å². The van der Waals surface area contributed by atoms with E-state index in [0.717, 1.165) is 0 Å². The summed E-state index contributed by atoms with van der Waals surface area (Å²) in [5, 5.41) is 6.84. The maximum absolute atomic E-state index is 4.35. The third kappa shape index (κ3) is 2.06. The normalized spacial score (nSPS) is 18.6. The molecule has 1 saturated heterocycles. The van der Waals surface area contributed by atoms with Crippen molar-refractivity contribution in [1.82, 2.24) is 10.3 Å². The highest BCUT2D eigenvalue weighted by atomic mass is 32.2. The number of hydrogen-bond donors (Lipinski definition) is 1. The molecule has 0 saturated carbocycles. The summed E-state index contributed by atoms with van der Waals surface area (Å²) < 4.78 is 0. The Morgan fingerprint density at radius 2 is 2.31 bits per heavy atom. The number of thioether (sulfide) groups is 1. The average Bonchev–Trinajstić information content (AvgIpc) is 2.49. The van der Waals surface area contributed by atoms with Crippen molar-refractivity contribution >= 4 is 23.1 Å². The standard InChI is InChI=1S/C9H14N2S2/c1-9(2,8-10-3-4-13-8)11-7-5-12-6-7/h3-4,7,11H,5-6H2,1-2H3. The highest BCUT2D eigenvalue weighted by Crippen LogP contribution is 2.26. The first-order chi connectivity index (χ1) is 6.18. The van der Waals surface area contributed by atoms with Crippen molar-refractivity contribution in [2.45, 2.75) is 25.4 Å². The first-order valence-corrected chi connectivity index (χ1v) is 6.47. The minimum atomic E-state index is 0.0415. The van der Waals surface area contributed by atoms with Crippen LogP contribution in [0.25, 0.3) is 0 Å². The van der Waals surface area contributed by atoms with E-state index in [2.05, 4.69) is 24.1 Å². The molecule has 0 radical (unpaired) electrons. The van der Waals surface area contributed by atoms with E-state index in [9.17, 15) is 0 Å². The molecule has 72 valence electrons. The molecule has 1 fully saturated rings. The molecular weight excluding hydrogens is 200 g/mol. The quantitative estimate of drug-likeness (QED) is 0.834. The molecule has 2 rings (SSSR count). The van der Waals surface area contributed by atoms with Crippen LogP contribution in [0.15, 0.2) is 11.6 Å². The van der Waals surface area contributed by atoms with Gasteiger partial charge in [0.1, 0.15) is 5.01 Å². The summed E-state index contributed by atoms with van der Waals surface area (Å²) in [6, 6.07) is 0.684. The van der Waals surface area contributed by atoms with Crippen LogP contribution < -0.4 is 5.32 Å².